The molecule has 0 fully saturated rings. The van der Waals surface area contributed by atoms with E-state index in [2.05, 4.69) is 4.74 Å². The molecular weight excluding hydrogens is 76.1 g/mol. The molecule has 1 aliphatic heterocycles. The van der Waals surface area contributed by atoms with Crippen molar-refractivity contribution in [1.29, 1.82) is 0 Å². The highest BCUT2D eigenvalue weighted by molar-refractivity contribution is 5.02. The molecule has 1 aliphatic rings. The minimum absolute atomic E-state index is 0.0625. The van der Waals surface area contributed by atoms with Crippen molar-refractivity contribution in [3.63, 3.8) is 0 Å². The van der Waals surface area contributed by atoms with Crippen LogP contribution < -0.4 is 0 Å². The van der Waals surface area contributed by atoms with Crippen LogP contribution in [0.1, 0.15) is 2.74 Å². The SMILES string of the molecule is [2H]C1=CC=CC([2H])O1. The third-order valence-electron chi connectivity index (χ3n) is 0.490. The van der Waals surface area contributed by atoms with Crippen LogP contribution in [0.3, 0.4) is 0 Å². The van der Waals surface area contributed by atoms with Gasteiger partial charge < -0.3 is 4.74 Å². The number of rotatable bonds is 0. The second-order valence-corrected chi connectivity index (χ2v) is 0.923. The maximum Gasteiger partial charge on any atom is 0.106 e. The van der Waals surface area contributed by atoms with Gasteiger partial charge in [0.15, 0.2) is 0 Å². The summed E-state index contributed by atoms with van der Waals surface area (Å²) in [6.07, 6.45) is 4.78. The first kappa shape index (κ1) is 1.82. The number of ether oxygens (including phenoxy) is 1. The van der Waals surface area contributed by atoms with Gasteiger partial charge in [-0.15, -0.1) is 0 Å². The zero-order valence-corrected chi connectivity index (χ0v) is 3.22. The van der Waals surface area contributed by atoms with E-state index in [1.165, 1.54) is 6.08 Å². The monoisotopic (exact) mass is 84.1 g/mol. The molecule has 0 aromatic carbocycles. The average molecular weight is 84.1 g/mol. The molecule has 6 heavy (non-hydrogen) atoms. The molecule has 0 aromatic rings. The summed E-state index contributed by atoms with van der Waals surface area (Å²) in [5, 5.41) is 0. The Morgan fingerprint density at radius 1 is 1.83 bits per heavy atom. The molecule has 0 amide bonds. The second-order valence-electron chi connectivity index (χ2n) is 0.923. The summed E-state index contributed by atoms with van der Waals surface area (Å²) in [5.74, 6) is 0. The fraction of sp³-hybridized carbons (Fsp3) is 0.200. The Labute approximate surface area is 39.7 Å². The molecule has 1 unspecified atom stereocenters. The predicted molar refractivity (Wildman–Crippen MR) is 24.2 cm³/mol. The second kappa shape index (κ2) is 1.65. The van der Waals surface area contributed by atoms with Crippen LogP contribution in [0.4, 0.5) is 0 Å². The lowest BCUT2D eigenvalue weighted by molar-refractivity contribution is 0.286. The van der Waals surface area contributed by atoms with Crippen molar-refractivity contribution < 1.29 is 7.48 Å². The van der Waals surface area contributed by atoms with E-state index in [-0.39, 0.29) is 6.24 Å². The minimum atomic E-state index is -0.674. The summed E-state index contributed by atoms with van der Waals surface area (Å²) in [4.78, 5) is 0. The standard InChI is InChI=1S/C5H6O/c1-2-4-6-5-3-1/h1-4H,5H2/i4D,5D. The molecular formula is C5H6O. The van der Waals surface area contributed by atoms with Crippen molar-refractivity contribution in [3.05, 3.63) is 24.5 Å². The first-order chi connectivity index (χ1) is 3.79. The summed E-state index contributed by atoms with van der Waals surface area (Å²) in [5.41, 5.74) is 0. The molecule has 0 N–H and O–H groups in total. The molecule has 0 radical (unpaired) electrons. The fourth-order valence-corrected chi connectivity index (χ4v) is 0.258. The Morgan fingerprint density at radius 2 is 2.83 bits per heavy atom. The van der Waals surface area contributed by atoms with E-state index in [1.54, 1.807) is 12.2 Å². The van der Waals surface area contributed by atoms with Gasteiger partial charge in [-0.25, -0.2) is 0 Å². The lowest BCUT2D eigenvalue weighted by Crippen LogP contribution is -1.82. The lowest BCUT2D eigenvalue weighted by Gasteiger charge is -1.94. The van der Waals surface area contributed by atoms with Crippen molar-refractivity contribution in [3.8, 4) is 0 Å². The van der Waals surface area contributed by atoms with Crippen molar-refractivity contribution in [2.45, 2.75) is 0 Å². The van der Waals surface area contributed by atoms with Gasteiger partial charge >= 0.3 is 0 Å². The van der Waals surface area contributed by atoms with Crippen LogP contribution in [0, 0.1) is 0 Å². The zero-order valence-electron chi connectivity index (χ0n) is 5.22. The quantitative estimate of drug-likeness (QED) is 0.427. The van der Waals surface area contributed by atoms with E-state index in [9.17, 15) is 0 Å². The first-order valence-corrected chi connectivity index (χ1v) is 1.73. The van der Waals surface area contributed by atoms with Crippen molar-refractivity contribution >= 4 is 0 Å². The molecule has 1 heterocycles. The largest absolute Gasteiger partial charge is 0.497 e. The van der Waals surface area contributed by atoms with E-state index in [0.29, 0.717) is 0 Å². The number of hydrogen-bond donors (Lipinski definition) is 0. The Bertz CT molecular complexity index is 139. The highest BCUT2D eigenvalue weighted by Gasteiger charge is 1.75. The zero-order chi connectivity index (χ0) is 5.98. The summed E-state index contributed by atoms with van der Waals surface area (Å²) in [6.45, 7) is -0.674. The lowest BCUT2D eigenvalue weighted by atomic mass is 10.5. The van der Waals surface area contributed by atoms with Gasteiger partial charge in [0.2, 0.25) is 0 Å². The molecule has 0 aromatic heterocycles. The predicted octanol–water partition coefficient (Wildman–Crippen LogP) is 1.09. The number of hydrogen-bond acceptors (Lipinski definition) is 1. The van der Waals surface area contributed by atoms with Crippen molar-refractivity contribution in [2.24, 2.45) is 0 Å². The maximum atomic E-state index is 6.93. The molecule has 1 rings (SSSR count). The molecule has 0 aliphatic carbocycles. The smallest absolute Gasteiger partial charge is 0.106 e. The topological polar surface area (TPSA) is 9.23 Å². The van der Waals surface area contributed by atoms with Gasteiger partial charge in [-0.1, -0.05) is 6.08 Å². The molecule has 1 atom stereocenters. The van der Waals surface area contributed by atoms with E-state index >= 15 is 0 Å². The Balaban J connectivity index is 2.59. The highest BCUT2D eigenvalue weighted by Crippen LogP contribution is 1.87. The average Bonchev–Trinajstić information content (AvgIpc) is 1.64. The van der Waals surface area contributed by atoms with Crippen LogP contribution in [-0.2, 0) is 4.74 Å². The fourth-order valence-electron chi connectivity index (χ4n) is 0.258. The van der Waals surface area contributed by atoms with E-state index in [1.807, 2.05) is 0 Å². The van der Waals surface area contributed by atoms with Gasteiger partial charge in [0.1, 0.15) is 7.95 Å². The summed E-state index contributed by atoms with van der Waals surface area (Å²) >= 11 is 0. The maximum absolute atomic E-state index is 6.93. The minimum Gasteiger partial charge on any atom is -0.497 e. The summed E-state index contributed by atoms with van der Waals surface area (Å²) in [7, 11) is 0. The van der Waals surface area contributed by atoms with Gasteiger partial charge in [-0.05, 0) is 12.2 Å². The van der Waals surface area contributed by atoms with Crippen molar-refractivity contribution in [1.82, 2.24) is 0 Å². The normalized spacial score (nSPS) is 36.0. The van der Waals surface area contributed by atoms with Gasteiger partial charge in [-0.2, -0.15) is 0 Å². The van der Waals surface area contributed by atoms with Crippen LogP contribution in [0.25, 0.3) is 0 Å². The molecule has 1 heteroatoms. The summed E-state index contributed by atoms with van der Waals surface area (Å²) < 4.78 is 18.4. The molecule has 1 nitrogen and oxygen atoms in total. The van der Waals surface area contributed by atoms with Gasteiger partial charge in [0.05, 0.1) is 7.61 Å². The summed E-state index contributed by atoms with van der Waals surface area (Å²) in [6, 6.07) is 0. The van der Waals surface area contributed by atoms with Crippen LogP contribution in [0.5, 0.6) is 0 Å². The molecule has 0 spiro atoms. The molecule has 32 valence electrons. The third kappa shape index (κ3) is 0.612. The highest BCUT2D eigenvalue weighted by atomic mass is 16.5. The van der Waals surface area contributed by atoms with Crippen molar-refractivity contribution in [2.75, 3.05) is 6.58 Å². The Kier molecular flexibility index (Phi) is 0.502. The third-order valence-corrected chi connectivity index (χ3v) is 0.490. The van der Waals surface area contributed by atoms with E-state index in [0.717, 1.165) is 0 Å². The number of allylic oxidation sites excluding steroid dienone is 2. The van der Waals surface area contributed by atoms with Gasteiger partial charge in [0.25, 0.3) is 0 Å². The molecule has 0 bridgehead atoms. The van der Waals surface area contributed by atoms with Gasteiger partial charge in [-0.3, -0.25) is 0 Å². The van der Waals surface area contributed by atoms with Crippen LogP contribution >= 0.6 is 0 Å². The Hall–Kier alpha value is -0.720. The van der Waals surface area contributed by atoms with Gasteiger partial charge in [0, 0.05) is 0 Å². The Morgan fingerprint density at radius 3 is 3.33 bits per heavy atom. The van der Waals surface area contributed by atoms with E-state index in [4.69, 9.17) is 2.74 Å². The molecule has 0 saturated heterocycles. The van der Waals surface area contributed by atoms with Crippen LogP contribution in [-0.4, -0.2) is 6.58 Å². The first-order valence-electron chi connectivity index (χ1n) is 2.81. The van der Waals surface area contributed by atoms with Crippen LogP contribution in [0.2, 0.25) is 0 Å². The van der Waals surface area contributed by atoms with Crippen LogP contribution in [0.15, 0.2) is 24.5 Å². The van der Waals surface area contributed by atoms with E-state index < -0.39 is 6.58 Å². The molecule has 0 saturated carbocycles.